The molecule has 0 saturated carbocycles. The topological polar surface area (TPSA) is 167 Å². The monoisotopic (exact) mass is 630 g/mol. The van der Waals surface area contributed by atoms with E-state index in [9.17, 15) is 25.2 Å². The smallest absolute Gasteiger partial charge is 0.225 e. The Labute approximate surface area is 268 Å². The molecular formula is C35H42N4O7. The fourth-order valence-electron chi connectivity index (χ4n) is 5.57. The molecule has 0 aliphatic carbocycles. The lowest BCUT2D eigenvalue weighted by Crippen LogP contribution is -2.59. The summed E-state index contributed by atoms with van der Waals surface area (Å²) in [5, 5.41) is 42.5. The van der Waals surface area contributed by atoms with E-state index in [1.165, 1.54) is 5.56 Å². The maximum absolute atomic E-state index is 12.7. The predicted molar refractivity (Wildman–Crippen MR) is 172 cm³/mol. The number of aryl methyl sites for hydroxylation is 1. The fourth-order valence-corrected chi connectivity index (χ4v) is 5.57. The highest BCUT2D eigenvalue weighted by Gasteiger charge is 2.44. The molecule has 1 aliphatic rings. The van der Waals surface area contributed by atoms with Crippen molar-refractivity contribution in [3.05, 3.63) is 84.1 Å². The molecule has 46 heavy (non-hydrogen) atoms. The van der Waals surface area contributed by atoms with E-state index in [4.69, 9.17) is 9.47 Å². The largest absolute Gasteiger partial charge is 0.394 e. The molecule has 11 nitrogen and oxygen atoms in total. The van der Waals surface area contributed by atoms with Crippen molar-refractivity contribution in [2.24, 2.45) is 5.92 Å². The second-order valence-corrected chi connectivity index (χ2v) is 11.9. The summed E-state index contributed by atoms with van der Waals surface area (Å²) in [6.45, 7) is 1.74. The zero-order chi connectivity index (χ0) is 32.5. The first-order valence-electron chi connectivity index (χ1n) is 15.8. The molecule has 0 unspecified atom stereocenters. The van der Waals surface area contributed by atoms with Gasteiger partial charge in [-0.2, -0.15) is 0 Å². The number of fused-ring (bicyclic) bond motifs is 1. The maximum Gasteiger partial charge on any atom is 0.225 e. The van der Waals surface area contributed by atoms with Crippen LogP contribution in [-0.4, -0.2) is 78.6 Å². The van der Waals surface area contributed by atoms with E-state index < -0.39 is 37.3 Å². The number of nitrogens with zero attached hydrogens (tertiary/aromatic N) is 3. The highest BCUT2D eigenvalue weighted by Crippen LogP contribution is 2.25. The number of nitrogens with one attached hydrogen (secondary N) is 1. The number of benzene rings is 2. The van der Waals surface area contributed by atoms with Crippen LogP contribution in [0.15, 0.2) is 72.9 Å². The summed E-state index contributed by atoms with van der Waals surface area (Å²) in [6.07, 6.45) is 0.503. The average Bonchev–Trinajstić information content (AvgIpc) is 3.07. The summed E-state index contributed by atoms with van der Waals surface area (Å²) < 4.78 is 11.1. The number of anilines is 1. The number of aliphatic hydroxyl groups is 4. The van der Waals surface area contributed by atoms with Crippen LogP contribution in [-0.2, 0) is 27.3 Å². The SMILES string of the molecule is C[C@@H](CCCC(=O)Nc1ccc2ncc(-c3cccc(CO[C@@H]4O[C@H](CO)[C@@H](O)[C@H](O)[C@H]4O)c3)nc2n1)CCCc1ccccc1. The molecule has 1 amide bonds. The number of amides is 1. The Morgan fingerprint density at radius 1 is 0.935 bits per heavy atom. The van der Waals surface area contributed by atoms with E-state index in [1.807, 2.05) is 30.3 Å². The van der Waals surface area contributed by atoms with Crippen LogP contribution in [0.1, 0.15) is 50.2 Å². The van der Waals surface area contributed by atoms with Crippen LogP contribution >= 0.6 is 0 Å². The highest BCUT2D eigenvalue weighted by atomic mass is 16.7. The van der Waals surface area contributed by atoms with Gasteiger partial charge in [-0.15, -0.1) is 0 Å². The van der Waals surface area contributed by atoms with E-state index in [-0.39, 0.29) is 12.5 Å². The molecule has 0 bridgehead atoms. The van der Waals surface area contributed by atoms with Gasteiger partial charge in [-0.25, -0.2) is 9.97 Å². The molecule has 5 N–H and O–H groups in total. The molecule has 244 valence electrons. The predicted octanol–water partition coefficient (Wildman–Crippen LogP) is 3.78. The van der Waals surface area contributed by atoms with Gasteiger partial charge in [0, 0.05) is 12.0 Å². The molecular weight excluding hydrogens is 588 g/mol. The molecule has 6 atom stereocenters. The van der Waals surface area contributed by atoms with Crippen molar-refractivity contribution in [2.45, 2.75) is 82.8 Å². The van der Waals surface area contributed by atoms with Crippen molar-refractivity contribution in [1.29, 1.82) is 0 Å². The van der Waals surface area contributed by atoms with Gasteiger partial charge in [-0.3, -0.25) is 9.78 Å². The number of carbonyl (C=O) groups is 1. The minimum absolute atomic E-state index is 0.0262. The van der Waals surface area contributed by atoms with Crippen molar-refractivity contribution in [2.75, 3.05) is 11.9 Å². The number of hydrogen-bond acceptors (Lipinski definition) is 10. The first-order valence-corrected chi connectivity index (χ1v) is 15.8. The number of aliphatic hydroxyl groups excluding tert-OH is 4. The van der Waals surface area contributed by atoms with Gasteiger partial charge in [0.25, 0.3) is 0 Å². The summed E-state index contributed by atoms with van der Waals surface area (Å²) in [7, 11) is 0. The molecule has 2 aromatic carbocycles. The quantitative estimate of drug-likeness (QED) is 0.138. The van der Waals surface area contributed by atoms with Crippen molar-refractivity contribution >= 4 is 22.9 Å². The number of pyridine rings is 1. The van der Waals surface area contributed by atoms with Crippen molar-refractivity contribution < 1.29 is 34.7 Å². The van der Waals surface area contributed by atoms with Crippen LogP contribution in [0, 0.1) is 5.92 Å². The molecule has 4 aromatic rings. The number of aromatic nitrogens is 3. The van der Waals surface area contributed by atoms with Gasteiger partial charge < -0.3 is 35.2 Å². The third-order valence-electron chi connectivity index (χ3n) is 8.27. The summed E-state index contributed by atoms with van der Waals surface area (Å²) >= 11 is 0. The van der Waals surface area contributed by atoms with E-state index in [1.54, 1.807) is 18.3 Å². The lowest BCUT2D eigenvalue weighted by molar-refractivity contribution is -0.304. The highest BCUT2D eigenvalue weighted by molar-refractivity contribution is 5.90. The Morgan fingerprint density at radius 2 is 1.72 bits per heavy atom. The molecule has 1 fully saturated rings. The molecule has 5 rings (SSSR count). The lowest BCUT2D eigenvalue weighted by Gasteiger charge is -2.39. The minimum atomic E-state index is -1.51. The third-order valence-corrected chi connectivity index (χ3v) is 8.27. The molecule has 0 radical (unpaired) electrons. The zero-order valence-corrected chi connectivity index (χ0v) is 25.9. The summed E-state index contributed by atoms with van der Waals surface area (Å²) in [4.78, 5) is 26.3. The van der Waals surface area contributed by atoms with Crippen molar-refractivity contribution in [3.63, 3.8) is 0 Å². The Balaban J connectivity index is 1.13. The van der Waals surface area contributed by atoms with Crippen LogP contribution in [0.5, 0.6) is 0 Å². The fraction of sp³-hybridized carbons (Fsp3) is 0.429. The van der Waals surface area contributed by atoms with Crippen LogP contribution in [0.4, 0.5) is 5.82 Å². The Bertz CT molecular complexity index is 1570. The summed E-state index contributed by atoms with van der Waals surface area (Å²) in [6, 6.07) is 21.3. The van der Waals surface area contributed by atoms with Gasteiger partial charge in [-0.1, -0.05) is 68.3 Å². The number of ether oxygens (including phenoxy) is 2. The molecule has 3 heterocycles. The molecule has 0 spiro atoms. The second-order valence-electron chi connectivity index (χ2n) is 11.9. The minimum Gasteiger partial charge on any atom is -0.394 e. The van der Waals surface area contributed by atoms with Crippen molar-refractivity contribution in [1.82, 2.24) is 15.0 Å². The average molecular weight is 631 g/mol. The molecule has 1 saturated heterocycles. The van der Waals surface area contributed by atoms with Gasteiger partial charge in [0.15, 0.2) is 11.9 Å². The molecule has 1 aliphatic heterocycles. The van der Waals surface area contributed by atoms with E-state index in [0.29, 0.717) is 35.0 Å². The van der Waals surface area contributed by atoms with E-state index in [2.05, 4.69) is 51.5 Å². The van der Waals surface area contributed by atoms with Gasteiger partial charge in [0.2, 0.25) is 5.91 Å². The zero-order valence-electron chi connectivity index (χ0n) is 25.9. The van der Waals surface area contributed by atoms with Crippen molar-refractivity contribution in [3.8, 4) is 11.3 Å². The summed E-state index contributed by atoms with van der Waals surface area (Å²) in [5.41, 5.74) is 4.40. The maximum atomic E-state index is 12.7. The first kappa shape index (κ1) is 33.5. The van der Waals surface area contributed by atoms with Gasteiger partial charge in [0.1, 0.15) is 35.8 Å². The third kappa shape index (κ3) is 8.91. The van der Waals surface area contributed by atoms with Crippen LogP contribution < -0.4 is 5.32 Å². The Morgan fingerprint density at radius 3 is 2.52 bits per heavy atom. The summed E-state index contributed by atoms with van der Waals surface area (Å²) in [5.74, 6) is 0.892. The molecule has 11 heteroatoms. The number of carbonyl (C=O) groups excluding carboxylic acids is 1. The molecule has 2 aromatic heterocycles. The van der Waals surface area contributed by atoms with Gasteiger partial charge in [0.05, 0.1) is 25.1 Å². The van der Waals surface area contributed by atoms with Crippen LogP contribution in [0.2, 0.25) is 0 Å². The van der Waals surface area contributed by atoms with Crippen LogP contribution in [0.25, 0.3) is 22.4 Å². The van der Waals surface area contributed by atoms with E-state index in [0.717, 1.165) is 43.2 Å². The van der Waals surface area contributed by atoms with Gasteiger partial charge >= 0.3 is 0 Å². The number of rotatable bonds is 14. The second kappa shape index (κ2) is 16.1. The number of hydrogen-bond donors (Lipinski definition) is 5. The Hall–Kier alpha value is -3.84. The first-order chi connectivity index (χ1) is 22.3. The Kier molecular flexibility index (Phi) is 11.8. The van der Waals surface area contributed by atoms with Gasteiger partial charge in [-0.05, 0) is 54.5 Å². The lowest BCUT2D eigenvalue weighted by atomic mass is 9.96. The van der Waals surface area contributed by atoms with E-state index >= 15 is 0 Å². The van der Waals surface area contributed by atoms with Crippen LogP contribution in [0.3, 0.4) is 0 Å². The normalized spacial score (nSPS) is 22.1. The standard InChI is InChI=1S/C35H42N4O7/c1-22(8-5-12-23-10-3-2-4-11-23)9-6-15-30(41)38-29-17-16-26-34(39-29)37-27(19-36-26)25-14-7-13-24(18-25)21-45-35-33(44)32(43)31(42)28(20-40)46-35/h2-4,7,10-11,13-14,16-19,22,28,31-33,35,40,42-44H,5-6,8-9,12,15,20-21H2,1H3,(H,37,38,39,41)/t22-,28-,31-,32+,33-,35-/m1/s1.